The molecule has 1 aromatic carbocycles. The van der Waals surface area contributed by atoms with Crippen molar-refractivity contribution in [2.75, 3.05) is 10.6 Å². The number of halogens is 1. The minimum atomic E-state index is -0.662. The van der Waals surface area contributed by atoms with Crippen LogP contribution in [-0.4, -0.2) is 22.6 Å². The average Bonchev–Trinajstić information content (AvgIpc) is 2.86. The lowest BCUT2D eigenvalue weighted by molar-refractivity contribution is 0.0636. The van der Waals surface area contributed by atoms with E-state index >= 15 is 0 Å². The van der Waals surface area contributed by atoms with E-state index in [2.05, 4.69) is 15.6 Å². The van der Waals surface area contributed by atoms with E-state index in [-0.39, 0.29) is 5.69 Å². The van der Waals surface area contributed by atoms with Gasteiger partial charge < -0.3 is 10.1 Å². The van der Waals surface area contributed by atoms with Gasteiger partial charge in [-0.2, -0.15) is 0 Å². The number of carbonyl (C=O) groups excluding carboxylic acids is 2. The van der Waals surface area contributed by atoms with Crippen molar-refractivity contribution < 1.29 is 18.7 Å². The number of amides is 2. The third kappa shape index (κ3) is 4.76. The van der Waals surface area contributed by atoms with Crippen LogP contribution >= 0.6 is 11.3 Å². The summed E-state index contributed by atoms with van der Waals surface area (Å²) in [6.45, 7) is 6.91. The fourth-order valence-electron chi connectivity index (χ4n) is 1.82. The van der Waals surface area contributed by atoms with Crippen LogP contribution in [0.5, 0.6) is 0 Å². The summed E-state index contributed by atoms with van der Waals surface area (Å²) in [5.74, 6) is -1.07. The van der Waals surface area contributed by atoms with Crippen LogP contribution in [0.15, 0.2) is 23.7 Å². The molecule has 0 unspecified atom stereocenters. The maximum atomic E-state index is 13.9. The van der Waals surface area contributed by atoms with Crippen molar-refractivity contribution >= 4 is 34.7 Å². The fraction of sp³-hybridized carbons (Fsp3) is 0.312. The van der Waals surface area contributed by atoms with Gasteiger partial charge in [-0.3, -0.25) is 10.1 Å². The molecular formula is C16H18FN3O3S. The van der Waals surface area contributed by atoms with Crippen LogP contribution in [0, 0.1) is 12.7 Å². The molecule has 0 aliphatic carbocycles. The first-order chi connectivity index (χ1) is 11.2. The first-order valence-electron chi connectivity index (χ1n) is 7.17. The summed E-state index contributed by atoms with van der Waals surface area (Å²) in [6, 6.07) is 3.86. The van der Waals surface area contributed by atoms with Gasteiger partial charge >= 0.3 is 6.09 Å². The summed E-state index contributed by atoms with van der Waals surface area (Å²) < 4.78 is 19.0. The molecule has 0 aliphatic rings. The molecule has 0 spiro atoms. The molecule has 6 nitrogen and oxygen atoms in total. The number of nitrogens with one attached hydrogen (secondary N) is 2. The van der Waals surface area contributed by atoms with Gasteiger partial charge in [-0.05, 0) is 45.9 Å². The Kier molecular flexibility index (Phi) is 5.18. The zero-order valence-electron chi connectivity index (χ0n) is 13.8. The molecule has 2 N–H and O–H groups in total. The summed E-state index contributed by atoms with van der Waals surface area (Å²) in [6.07, 6.45) is -0.662. The van der Waals surface area contributed by atoms with Gasteiger partial charge in [-0.25, -0.2) is 14.2 Å². The van der Waals surface area contributed by atoms with Crippen LogP contribution < -0.4 is 10.6 Å². The second-order valence-electron chi connectivity index (χ2n) is 6.04. The van der Waals surface area contributed by atoms with Crippen molar-refractivity contribution in [2.45, 2.75) is 33.3 Å². The number of aromatic nitrogens is 1. The molecule has 128 valence electrons. The predicted molar refractivity (Wildman–Crippen MR) is 91.1 cm³/mol. The zero-order valence-corrected chi connectivity index (χ0v) is 14.6. The maximum absolute atomic E-state index is 13.9. The zero-order chi connectivity index (χ0) is 17.9. The Bertz CT molecular complexity index is 768. The van der Waals surface area contributed by atoms with E-state index in [0.29, 0.717) is 16.3 Å². The van der Waals surface area contributed by atoms with Gasteiger partial charge in [0, 0.05) is 5.69 Å². The Morgan fingerprint density at radius 3 is 2.54 bits per heavy atom. The van der Waals surface area contributed by atoms with Crippen molar-refractivity contribution in [1.29, 1.82) is 0 Å². The summed E-state index contributed by atoms with van der Waals surface area (Å²) in [5, 5.41) is 4.98. The van der Waals surface area contributed by atoms with Gasteiger partial charge in [0.2, 0.25) is 0 Å². The number of nitrogens with zero attached hydrogens (tertiary/aromatic N) is 1. The fourth-order valence-corrected chi connectivity index (χ4v) is 2.52. The smallest absolute Gasteiger partial charge is 0.412 e. The molecule has 0 radical (unpaired) electrons. The molecule has 8 heteroatoms. The molecule has 2 amide bonds. The standard InChI is InChI=1S/C16H18FN3O3S/c1-9-13(24-8-18-9)14(21)20-12-7-10(5-6-11(12)17)19-15(22)23-16(2,3)4/h5-8H,1-4H3,(H,19,22)(H,20,21). The SMILES string of the molecule is Cc1ncsc1C(=O)Nc1cc(NC(=O)OC(C)(C)C)ccc1F. The number of anilines is 2. The highest BCUT2D eigenvalue weighted by Gasteiger charge is 2.18. The Labute approximate surface area is 143 Å². The van der Waals surface area contributed by atoms with Crippen LogP contribution in [0.3, 0.4) is 0 Å². The summed E-state index contributed by atoms with van der Waals surface area (Å²) in [7, 11) is 0. The molecule has 1 heterocycles. The molecule has 24 heavy (non-hydrogen) atoms. The summed E-state index contributed by atoms with van der Waals surface area (Å²) >= 11 is 1.17. The molecule has 0 saturated heterocycles. The first kappa shape index (κ1) is 17.9. The second kappa shape index (κ2) is 6.96. The second-order valence-corrected chi connectivity index (χ2v) is 6.90. The van der Waals surface area contributed by atoms with E-state index in [1.807, 2.05) is 0 Å². The van der Waals surface area contributed by atoms with E-state index < -0.39 is 23.4 Å². The van der Waals surface area contributed by atoms with Crippen molar-refractivity contribution in [2.24, 2.45) is 0 Å². The molecule has 0 bridgehead atoms. The monoisotopic (exact) mass is 351 g/mol. The van der Waals surface area contributed by atoms with Crippen molar-refractivity contribution in [1.82, 2.24) is 4.98 Å². The van der Waals surface area contributed by atoms with Crippen LogP contribution in [-0.2, 0) is 4.74 Å². The van der Waals surface area contributed by atoms with E-state index in [1.165, 1.54) is 23.5 Å². The largest absolute Gasteiger partial charge is 0.444 e. The Hall–Kier alpha value is -2.48. The maximum Gasteiger partial charge on any atom is 0.412 e. The van der Waals surface area contributed by atoms with Gasteiger partial charge in [-0.1, -0.05) is 0 Å². The average molecular weight is 351 g/mol. The number of aryl methyl sites for hydroxylation is 1. The lowest BCUT2D eigenvalue weighted by Gasteiger charge is -2.19. The van der Waals surface area contributed by atoms with E-state index in [1.54, 1.807) is 33.2 Å². The molecule has 0 fully saturated rings. The van der Waals surface area contributed by atoms with E-state index in [4.69, 9.17) is 4.74 Å². The summed E-state index contributed by atoms with van der Waals surface area (Å²) in [4.78, 5) is 28.3. The lowest BCUT2D eigenvalue weighted by Crippen LogP contribution is -2.27. The van der Waals surface area contributed by atoms with Crippen molar-refractivity contribution in [3.63, 3.8) is 0 Å². The minimum Gasteiger partial charge on any atom is -0.444 e. The molecule has 0 atom stereocenters. The Morgan fingerprint density at radius 1 is 1.25 bits per heavy atom. The van der Waals surface area contributed by atoms with Gasteiger partial charge in [0.15, 0.2) is 0 Å². The molecular weight excluding hydrogens is 333 g/mol. The number of hydrogen-bond donors (Lipinski definition) is 2. The van der Waals surface area contributed by atoms with Crippen LogP contribution in [0.1, 0.15) is 36.1 Å². The normalized spacial score (nSPS) is 11.0. The topological polar surface area (TPSA) is 80.3 Å². The third-order valence-corrected chi connectivity index (χ3v) is 3.74. The van der Waals surface area contributed by atoms with Gasteiger partial charge in [-0.15, -0.1) is 11.3 Å². The molecule has 2 rings (SSSR count). The number of carbonyl (C=O) groups is 2. The highest BCUT2D eigenvalue weighted by atomic mass is 32.1. The molecule has 0 aliphatic heterocycles. The minimum absolute atomic E-state index is 0.0404. The highest BCUT2D eigenvalue weighted by molar-refractivity contribution is 7.12. The first-order valence-corrected chi connectivity index (χ1v) is 8.04. The number of rotatable bonds is 3. The quantitative estimate of drug-likeness (QED) is 0.869. The predicted octanol–water partition coefficient (Wildman–Crippen LogP) is 4.19. The van der Waals surface area contributed by atoms with Crippen LogP contribution in [0.2, 0.25) is 0 Å². The van der Waals surface area contributed by atoms with Gasteiger partial charge in [0.1, 0.15) is 16.3 Å². The number of thiazole rings is 1. The summed E-state index contributed by atoms with van der Waals surface area (Å²) in [5.41, 5.74) is 1.73. The number of ether oxygens (including phenoxy) is 1. The van der Waals surface area contributed by atoms with Gasteiger partial charge in [0.05, 0.1) is 16.9 Å². The molecule has 0 saturated carbocycles. The third-order valence-electron chi connectivity index (χ3n) is 2.81. The highest BCUT2D eigenvalue weighted by Crippen LogP contribution is 2.22. The lowest BCUT2D eigenvalue weighted by atomic mass is 10.2. The van der Waals surface area contributed by atoms with Crippen molar-refractivity contribution in [3.8, 4) is 0 Å². The Morgan fingerprint density at radius 2 is 1.96 bits per heavy atom. The van der Waals surface area contributed by atoms with Crippen LogP contribution in [0.25, 0.3) is 0 Å². The number of benzene rings is 1. The van der Waals surface area contributed by atoms with Gasteiger partial charge in [0.25, 0.3) is 5.91 Å². The molecule has 1 aromatic heterocycles. The van der Waals surface area contributed by atoms with Crippen molar-refractivity contribution in [3.05, 3.63) is 40.1 Å². The Balaban J connectivity index is 2.13. The number of hydrogen-bond acceptors (Lipinski definition) is 5. The van der Waals surface area contributed by atoms with Crippen LogP contribution in [0.4, 0.5) is 20.6 Å². The van der Waals surface area contributed by atoms with E-state index in [0.717, 1.165) is 6.07 Å². The van der Waals surface area contributed by atoms with E-state index in [9.17, 15) is 14.0 Å². The molecule has 2 aromatic rings.